The number of nitrogens with zero attached hydrogens (tertiary/aromatic N) is 3. The molecule has 35 heavy (non-hydrogen) atoms. The molecule has 1 amide bonds. The number of rotatable bonds is 9. The number of carbonyl (C=O) groups is 1. The van der Waals surface area contributed by atoms with Gasteiger partial charge in [-0.25, -0.2) is 17.1 Å². The number of nitrogens with one attached hydrogen (secondary N) is 1. The van der Waals surface area contributed by atoms with Crippen LogP contribution >= 0.6 is 0 Å². The summed E-state index contributed by atoms with van der Waals surface area (Å²) in [4.78, 5) is 16.8. The summed E-state index contributed by atoms with van der Waals surface area (Å²) in [6.45, 7) is 3.24. The molecule has 0 bridgehead atoms. The summed E-state index contributed by atoms with van der Waals surface area (Å²) >= 11 is 0. The van der Waals surface area contributed by atoms with Crippen molar-refractivity contribution in [3.8, 4) is 5.75 Å². The summed E-state index contributed by atoms with van der Waals surface area (Å²) in [5, 5.41) is 2.67. The zero-order chi connectivity index (χ0) is 25.8. The van der Waals surface area contributed by atoms with Crippen molar-refractivity contribution >= 4 is 27.3 Å². The SMILES string of the molecule is COc1ccc(S(=O)(=O)N(C)CCC(=O)Nc2ccc(N3CCC(N(C)C)CC3)c(F)c2)c(C)c1. The number of methoxy groups -OCH3 is 1. The topological polar surface area (TPSA) is 82.2 Å². The molecule has 1 aliphatic heterocycles. The summed E-state index contributed by atoms with van der Waals surface area (Å²) in [5.74, 6) is -0.210. The number of carbonyl (C=O) groups excluding carboxylic acids is 1. The Morgan fingerprint density at radius 2 is 1.83 bits per heavy atom. The molecule has 1 fully saturated rings. The van der Waals surface area contributed by atoms with E-state index in [0.717, 1.165) is 30.2 Å². The Bertz CT molecular complexity index is 1150. The average Bonchev–Trinajstić information content (AvgIpc) is 2.82. The van der Waals surface area contributed by atoms with E-state index < -0.39 is 15.9 Å². The molecule has 0 aliphatic carbocycles. The lowest BCUT2D eigenvalue weighted by molar-refractivity contribution is -0.116. The van der Waals surface area contributed by atoms with E-state index in [-0.39, 0.29) is 23.7 Å². The van der Waals surface area contributed by atoms with Crippen molar-refractivity contribution in [2.75, 3.05) is 58.1 Å². The van der Waals surface area contributed by atoms with Crippen molar-refractivity contribution in [1.82, 2.24) is 9.21 Å². The molecule has 3 rings (SSSR count). The van der Waals surface area contributed by atoms with Crippen LogP contribution in [0.4, 0.5) is 15.8 Å². The Balaban J connectivity index is 1.56. The third-order valence-corrected chi connectivity index (χ3v) is 8.51. The molecule has 1 saturated heterocycles. The molecule has 0 radical (unpaired) electrons. The fourth-order valence-electron chi connectivity index (χ4n) is 4.27. The third kappa shape index (κ3) is 6.50. The molecular weight excluding hydrogens is 471 g/mol. The van der Waals surface area contributed by atoms with Crippen LogP contribution in [-0.4, -0.2) is 77.5 Å². The van der Waals surface area contributed by atoms with Gasteiger partial charge in [0.1, 0.15) is 11.6 Å². The molecule has 0 atom stereocenters. The zero-order valence-electron chi connectivity index (χ0n) is 21.0. The molecule has 1 heterocycles. The van der Waals surface area contributed by atoms with Gasteiger partial charge in [-0.1, -0.05) is 0 Å². The Labute approximate surface area is 207 Å². The van der Waals surface area contributed by atoms with Crippen LogP contribution in [0.25, 0.3) is 0 Å². The second-order valence-electron chi connectivity index (χ2n) is 9.10. The highest BCUT2D eigenvalue weighted by Crippen LogP contribution is 2.27. The van der Waals surface area contributed by atoms with Crippen LogP contribution in [0.5, 0.6) is 5.75 Å². The number of hydrogen-bond donors (Lipinski definition) is 1. The molecule has 192 valence electrons. The molecule has 1 N–H and O–H groups in total. The monoisotopic (exact) mass is 506 g/mol. The number of halogens is 1. The van der Waals surface area contributed by atoms with E-state index in [1.807, 2.05) is 4.90 Å². The van der Waals surface area contributed by atoms with Gasteiger partial charge in [-0.2, -0.15) is 0 Å². The smallest absolute Gasteiger partial charge is 0.243 e. The molecule has 0 spiro atoms. The van der Waals surface area contributed by atoms with Crippen LogP contribution in [0, 0.1) is 12.7 Å². The Morgan fingerprint density at radius 3 is 2.40 bits per heavy atom. The van der Waals surface area contributed by atoms with Crippen molar-refractivity contribution in [1.29, 1.82) is 0 Å². The first-order chi connectivity index (χ1) is 16.5. The van der Waals surface area contributed by atoms with Crippen LogP contribution in [-0.2, 0) is 14.8 Å². The van der Waals surface area contributed by atoms with E-state index in [9.17, 15) is 17.6 Å². The molecular formula is C25H35FN4O4S. The van der Waals surface area contributed by atoms with Gasteiger partial charge in [0.2, 0.25) is 15.9 Å². The number of piperidine rings is 1. The largest absolute Gasteiger partial charge is 0.497 e. The van der Waals surface area contributed by atoms with Crippen LogP contribution in [0.1, 0.15) is 24.8 Å². The number of hydrogen-bond acceptors (Lipinski definition) is 6. The van der Waals surface area contributed by atoms with Gasteiger partial charge in [-0.3, -0.25) is 4.79 Å². The number of benzene rings is 2. The second kappa shape index (κ2) is 11.4. The van der Waals surface area contributed by atoms with Gasteiger partial charge in [0.25, 0.3) is 0 Å². The van der Waals surface area contributed by atoms with Crippen molar-refractivity contribution in [2.45, 2.75) is 37.1 Å². The lowest BCUT2D eigenvalue weighted by atomic mass is 10.0. The zero-order valence-corrected chi connectivity index (χ0v) is 21.9. The van der Waals surface area contributed by atoms with Crippen LogP contribution < -0.4 is 15.0 Å². The van der Waals surface area contributed by atoms with E-state index in [2.05, 4.69) is 24.3 Å². The summed E-state index contributed by atoms with van der Waals surface area (Å²) in [5.41, 5.74) is 1.43. The van der Waals surface area contributed by atoms with Gasteiger partial charge < -0.3 is 19.9 Å². The van der Waals surface area contributed by atoms with Gasteiger partial charge in [0.05, 0.1) is 17.7 Å². The first-order valence-electron chi connectivity index (χ1n) is 11.6. The molecule has 10 heteroatoms. The number of aryl methyl sites for hydroxylation is 1. The molecule has 8 nitrogen and oxygen atoms in total. The lowest BCUT2D eigenvalue weighted by Gasteiger charge is -2.36. The number of amides is 1. The summed E-state index contributed by atoms with van der Waals surface area (Å²) in [6, 6.07) is 9.90. The van der Waals surface area contributed by atoms with Crippen molar-refractivity contribution < 1.29 is 22.3 Å². The number of sulfonamides is 1. The lowest BCUT2D eigenvalue weighted by Crippen LogP contribution is -2.42. The molecule has 2 aromatic rings. The van der Waals surface area contributed by atoms with Gasteiger partial charge in [-0.05, 0) is 75.8 Å². The summed E-state index contributed by atoms with van der Waals surface area (Å²) in [7, 11) is 3.30. The minimum atomic E-state index is -3.77. The number of anilines is 2. The predicted molar refractivity (Wildman–Crippen MR) is 136 cm³/mol. The number of ether oxygens (including phenoxy) is 1. The van der Waals surface area contributed by atoms with Crippen LogP contribution in [0.2, 0.25) is 0 Å². The molecule has 0 saturated carbocycles. The minimum Gasteiger partial charge on any atom is -0.497 e. The Morgan fingerprint density at radius 1 is 1.14 bits per heavy atom. The third-order valence-electron chi connectivity index (χ3n) is 6.49. The maximum Gasteiger partial charge on any atom is 0.243 e. The molecule has 1 aliphatic rings. The Hall–Kier alpha value is -2.69. The average molecular weight is 507 g/mol. The van der Waals surface area contributed by atoms with E-state index in [4.69, 9.17) is 4.74 Å². The normalized spacial score (nSPS) is 15.0. The molecule has 0 aromatic heterocycles. The quantitative estimate of drug-likeness (QED) is 0.562. The minimum absolute atomic E-state index is 0.0129. The van der Waals surface area contributed by atoms with E-state index in [1.165, 1.54) is 26.3 Å². The molecule has 2 aromatic carbocycles. The standard InChI is InChI=1S/C25H35FN4O4S/c1-18-16-21(34-5)7-9-24(18)35(32,33)29(4)13-12-25(31)27-19-6-8-23(22(26)17-19)30-14-10-20(11-15-30)28(2)3/h6-9,16-17,20H,10-15H2,1-5H3,(H,27,31). The van der Waals surface area contributed by atoms with Crippen molar-refractivity contribution in [2.24, 2.45) is 0 Å². The van der Waals surface area contributed by atoms with E-state index >= 15 is 0 Å². The fraction of sp³-hybridized carbons (Fsp3) is 0.480. The summed E-state index contributed by atoms with van der Waals surface area (Å²) < 4.78 is 46.9. The first kappa shape index (κ1) is 26.9. The predicted octanol–water partition coefficient (Wildman–Crippen LogP) is 3.32. The summed E-state index contributed by atoms with van der Waals surface area (Å²) in [6.07, 6.45) is 1.88. The second-order valence-corrected chi connectivity index (χ2v) is 11.1. The van der Waals surface area contributed by atoms with Crippen LogP contribution in [0.3, 0.4) is 0 Å². The molecule has 0 unspecified atom stereocenters. The highest BCUT2D eigenvalue weighted by Gasteiger charge is 2.24. The highest BCUT2D eigenvalue weighted by atomic mass is 32.2. The highest BCUT2D eigenvalue weighted by molar-refractivity contribution is 7.89. The maximum absolute atomic E-state index is 14.8. The van der Waals surface area contributed by atoms with Crippen LogP contribution in [0.15, 0.2) is 41.3 Å². The fourth-order valence-corrected chi connectivity index (χ4v) is 5.65. The maximum atomic E-state index is 14.8. The van der Waals surface area contributed by atoms with E-state index in [0.29, 0.717) is 28.7 Å². The van der Waals surface area contributed by atoms with Gasteiger partial charge >= 0.3 is 0 Å². The van der Waals surface area contributed by atoms with Gasteiger partial charge in [-0.15, -0.1) is 0 Å². The van der Waals surface area contributed by atoms with Crippen molar-refractivity contribution in [3.63, 3.8) is 0 Å². The Kier molecular flexibility index (Phi) is 8.74. The van der Waals surface area contributed by atoms with Gasteiger partial charge in [0, 0.05) is 44.8 Å². The first-order valence-corrected chi connectivity index (χ1v) is 13.1. The van der Waals surface area contributed by atoms with Gasteiger partial charge in [0.15, 0.2) is 0 Å². The van der Waals surface area contributed by atoms with E-state index in [1.54, 1.807) is 31.2 Å². The van der Waals surface area contributed by atoms with Crippen molar-refractivity contribution in [3.05, 3.63) is 47.8 Å².